The first-order chi connectivity index (χ1) is 21.1. The van der Waals surface area contributed by atoms with E-state index in [0.717, 1.165) is 17.0 Å². The molecule has 0 aliphatic heterocycles. The van der Waals surface area contributed by atoms with Crippen LogP contribution in [-0.2, 0) is 20.1 Å². The zero-order chi connectivity index (χ0) is 32.7. The third kappa shape index (κ3) is 5.40. The Morgan fingerprint density at radius 3 is 2.34 bits per heavy atom. The summed E-state index contributed by atoms with van der Waals surface area (Å²) in [5.74, 6) is 0. The molecule has 0 amide bonds. The van der Waals surface area contributed by atoms with Crippen molar-refractivity contribution in [2.24, 2.45) is 0 Å². The van der Waals surface area contributed by atoms with Gasteiger partial charge in [0, 0.05) is 50.2 Å². The van der Waals surface area contributed by atoms with E-state index < -0.39 is 20.6 Å². The zero-order valence-corrected chi connectivity index (χ0v) is 20.5. The van der Waals surface area contributed by atoms with Gasteiger partial charge in [-0.2, -0.15) is 0 Å². The SMILES string of the molecule is [2H]C([2H])([2H])c1c[c-]c(-c2ccc(C([2H])([2H])[2H])cn2)cc1.[2H]c1c(C([2H])([2H])[2H])cnc(-c2[c-]ccc3c2oc2ccccc23)c1[2H].[Ir]. The molecule has 3 aromatic heterocycles. The third-order valence-corrected chi connectivity index (χ3v) is 5.07. The number of pyridine rings is 2. The molecule has 6 rings (SSSR count). The average molecular weight is 644 g/mol. The predicted octanol–water partition coefficient (Wildman–Crippen LogP) is 7.92. The van der Waals surface area contributed by atoms with Gasteiger partial charge in [0.25, 0.3) is 0 Å². The van der Waals surface area contributed by atoms with Crippen LogP contribution < -0.4 is 0 Å². The summed E-state index contributed by atoms with van der Waals surface area (Å²) in [5, 5.41) is 1.79. The second-order valence-electron chi connectivity index (χ2n) is 7.39. The van der Waals surface area contributed by atoms with E-state index in [9.17, 15) is 0 Å². The Bertz CT molecular complexity index is 1930. The van der Waals surface area contributed by atoms with Crippen LogP contribution in [0.3, 0.4) is 0 Å². The number of rotatable bonds is 2. The minimum absolute atomic E-state index is 0. The number of nitrogens with zero attached hydrogens (tertiary/aromatic N) is 2. The molecule has 0 bridgehead atoms. The van der Waals surface area contributed by atoms with Gasteiger partial charge in [0.2, 0.25) is 0 Å². The van der Waals surface area contributed by atoms with Crippen molar-refractivity contribution in [3.63, 3.8) is 0 Å². The minimum Gasteiger partial charge on any atom is -0.501 e. The van der Waals surface area contributed by atoms with Gasteiger partial charge in [0.15, 0.2) is 0 Å². The first-order valence-corrected chi connectivity index (χ1v) is 10.3. The Hall–Kier alpha value is -3.59. The van der Waals surface area contributed by atoms with Crippen LogP contribution >= 0.6 is 0 Å². The number of hydrogen-bond acceptors (Lipinski definition) is 3. The third-order valence-electron chi connectivity index (χ3n) is 5.07. The van der Waals surface area contributed by atoms with Crippen molar-refractivity contribution in [3.05, 3.63) is 120 Å². The van der Waals surface area contributed by atoms with E-state index in [1.165, 1.54) is 24.4 Å². The van der Waals surface area contributed by atoms with Gasteiger partial charge in [0.05, 0.1) is 8.32 Å². The molecule has 6 aromatic rings. The van der Waals surface area contributed by atoms with E-state index in [0.29, 0.717) is 28.0 Å². The topological polar surface area (TPSA) is 38.9 Å². The van der Waals surface area contributed by atoms with Gasteiger partial charge in [-0.3, -0.25) is 0 Å². The molecule has 0 spiro atoms. The molecule has 3 nitrogen and oxygen atoms in total. The average Bonchev–Trinajstić information content (AvgIpc) is 3.37. The fraction of sp³-hybridized carbons (Fsp3) is 0.0968. The van der Waals surface area contributed by atoms with E-state index in [4.69, 9.17) is 19.5 Å². The van der Waals surface area contributed by atoms with E-state index in [1.807, 2.05) is 30.3 Å². The molecule has 0 saturated carbocycles. The van der Waals surface area contributed by atoms with Crippen molar-refractivity contribution in [1.82, 2.24) is 9.97 Å². The molecule has 0 aliphatic rings. The summed E-state index contributed by atoms with van der Waals surface area (Å²) < 4.78 is 88.1. The van der Waals surface area contributed by atoms with Crippen molar-refractivity contribution in [2.45, 2.75) is 20.6 Å². The molecule has 0 unspecified atom stereocenters. The van der Waals surface area contributed by atoms with E-state index in [-0.39, 0.29) is 54.6 Å². The van der Waals surface area contributed by atoms with Crippen molar-refractivity contribution < 1.29 is 39.6 Å². The second kappa shape index (κ2) is 10.8. The number of aryl methyl sites for hydroxylation is 3. The molecule has 35 heavy (non-hydrogen) atoms. The van der Waals surface area contributed by atoms with Gasteiger partial charge in [-0.1, -0.05) is 60.2 Å². The zero-order valence-electron chi connectivity index (χ0n) is 29.1. The molecule has 4 heteroatoms. The molecule has 1 radical (unpaired) electrons. The summed E-state index contributed by atoms with van der Waals surface area (Å²) in [7, 11) is 0. The maximum absolute atomic E-state index is 8.20. The molecule has 3 heterocycles. The first-order valence-electron chi connectivity index (χ1n) is 15.8. The second-order valence-corrected chi connectivity index (χ2v) is 7.39. The smallest absolute Gasteiger partial charge is 0.120 e. The number of fused-ring (bicyclic) bond motifs is 3. The number of benzene rings is 3. The molecular weight excluding hydrogens is 609 g/mol. The Morgan fingerprint density at radius 1 is 0.771 bits per heavy atom. The maximum Gasteiger partial charge on any atom is 0.120 e. The fourth-order valence-electron chi connectivity index (χ4n) is 3.45. The van der Waals surface area contributed by atoms with Crippen LogP contribution in [0.1, 0.15) is 31.8 Å². The normalized spacial score (nSPS) is 16.2. The fourth-order valence-corrected chi connectivity index (χ4v) is 3.45. The number of aromatic nitrogens is 2. The maximum atomic E-state index is 8.20. The van der Waals surface area contributed by atoms with E-state index in [1.54, 1.807) is 18.2 Å². The Labute approximate surface area is 234 Å². The monoisotopic (exact) mass is 644 g/mol. The number of hydrogen-bond donors (Lipinski definition) is 0. The van der Waals surface area contributed by atoms with Crippen molar-refractivity contribution in [3.8, 4) is 22.5 Å². The van der Waals surface area contributed by atoms with Crippen LogP contribution in [0.2, 0.25) is 0 Å². The van der Waals surface area contributed by atoms with Crippen LogP contribution in [0.15, 0.2) is 95.6 Å². The van der Waals surface area contributed by atoms with Crippen LogP contribution in [0.25, 0.3) is 44.5 Å². The van der Waals surface area contributed by atoms with E-state index >= 15 is 0 Å². The molecule has 3 aromatic carbocycles. The van der Waals surface area contributed by atoms with E-state index in [2.05, 4.69) is 22.1 Å². The summed E-state index contributed by atoms with van der Waals surface area (Å²) in [6.45, 7) is -6.82. The van der Waals surface area contributed by atoms with Gasteiger partial charge < -0.3 is 14.4 Å². The number of para-hydroxylation sites is 1. The predicted molar refractivity (Wildman–Crippen MR) is 139 cm³/mol. The minimum atomic E-state index is -2.48. The van der Waals surface area contributed by atoms with Crippen molar-refractivity contribution in [2.75, 3.05) is 0 Å². The molecule has 0 fully saturated rings. The van der Waals surface area contributed by atoms with Crippen LogP contribution in [0.5, 0.6) is 0 Å². The van der Waals surface area contributed by atoms with Gasteiger partial charge in [-0.15, -0.1) is 53.6 Å². The summed E-state index contributed by atoms with van der Waals surface area (Å²) >= 11 is 0. The summed E-state index contributed by atoms with van der Waals surface area (Å²) in [4.78, 5) is 8.21. The van der Waals surface area contributed by atoms with Gasteiger partial charge in [-0.05, 0) is 42.3 Å². The first kappa shape index (κ1) is 14.1. The molecule has 0 saturated heterocycles. The summed E-state index contributed by atoms with van der Waals surface area (Å²) in [6.07, 6.45) is 2.44. The Kier molecular flexibility index (Phi) is 4.34. The standard InChI is InChI=1S/C18H12NO.C13H12N.Ir/c1-12-9-10-16(19-11-12)15-7-4-6-14-13-5-2-3-8-17(13)20-18(14)15;1-10-3-6-12(7-4-10)13-8-5-11(2)9-14-13;/h2-6,8-11H,1H3;3-6,8-9H,1-2H3;/q2*-1;/i1D3,9D,10D;1D3,2D3;. The Balaban J connectivity index is 0.000000210. The summed E-state index contributed by atoms with van der Waals surface area (Å²) in [5.41, 5.74) is 3.16. The molecule has 175 valence electrons. The van der Waals surface area contributed by atoms with Gasteiger partial charge in [-0.25, -0.2) is 0 Å². The Morgan fingerprint density at radius 2 is 1.57 bits per heavy atom. The molecular formula is C31H24IrN2O-2. The largest absolute Gasteiger partial charge is 0.501 e. The number of furan rings is 1. The molecule has 0 N–H and O–H groups in total. The van der Waals surface area contributed by atoms with Crippen molar-refractivity contribution in [1.29, 1.82) is 0 Å². The van der Waals surface area contributed by atoms with Crippen molar-refractivity contribution >= 4 is 21.9 Å². The van der Waals surface area contributed by atoms with Crippen LogP contribution in [0.4, 0.5) is 0 Å². The van der Waals surface area contributed by atoms with Crippen LogP contribution in [-0.4, -0.2) is 9.97 Å². The molecule has 0 atom stereocenters. The molecule has 0 aliphatic carbocycles. The summed E-state index contributed by atoms with van der Waals surface area (Å²) in [6, 6.07) is 24.0. The van der Waals surface area contributed by atoms with Crippen LogP contribution in [0, 0.1) is 32.7 Å². The van der Waals surface area contributed by atoms with Gasteiger partial charge >= 0.3 is 0 Å². The van der Waals surface area contributed by atoms with Gasteiger partial charge in [0.1, 0.15) is 5.58 Å². The quantitative estimate of drug-likeness (QED) is 0.180.